The molecule has 0 amide bonds. The van der Waals surface area contributed by atoms with Crippen LogP contribution in [-0.4, -0.2) is 26.8 Å². The van der Waals surface area contributed by atoms with Gasteiger partial charge in [0.05, 0.1) is 22.3 Å². The molecule has 0 fully saturated rings. The van der Waals surface area contributed by atoms with Crippen molar-refractivity contribution in [2.24, 2.45) is 7.05 Å². The summed E-state index contributed by atoms with van der Waals surface area (Å²) in [5, 5.41) is 8.87. The summed E-state index contributed by atoms with van der Waals surface area (Å²) in [5.74, 6) is 0. The summed E-state index contributed by atoms with van der Waals surface area (Å²) >= 11 is 17.2. The van der Waals surface area contributed by atoms with Crippen molar-refractivity contribution in [1.29, 1.82) is 0 Å². The Bertz CT molecular complexity index is 627. The summed E-state index contributed by atoms with van der Waals surface area (Å²) in [6, 6.07) is 7.26. The van der Waals surface area contributed by atoms with Gasteiger partial charge in [-0.3, -0.25) is 4.68 Å². The molecule has 20 heavy (non-hydrogen) atoms. The first-order valence-electron chi connectivity index (χ1n) is 5.91. The minimum atomic E-state index is 0.494. The van der Waals surface area contributed by atoms with Gasteiger partial charge in [-0.15, -0.1) is 0 Å². The van der Waals surface area contributed by atoms with E-state index in [9.17, 15) is 0 Å². The maximum atomic E-state index is 5.97. The monoisotopic (exact) mass is 328 g/mol. The van der Waals surface area contributed by atoms with Crippen LogP contribution in [0.5, 0.6) is 0 Å². The van der Waals surface area contributed by atoms with Crippen LogP contribution in [0.1, 0.15) is 5.69 Å². The van der Waals surface area contributed by atoms with E-state index < -0.39 is 0 Å². The number of anilines is 1. The SMILES string of the molecule is CN(Cc1ccnn1C)C(=S)Nc1ccc(Cl)c(Cl)c1. The van der Waals surface area contributed by atoms with Gasteiger partial charge in [-0.2, -0.15) is 5.10 Å². The van der Waals surface area contributed by atoms with Crippen molar-refractivity contribution >= 4 is 46.2 Å². The Hall–Kier alpha value is -1.30. The Morgan fingerprint density at radius 2 is 2.10 bits per heavy atom. The Labute approximate surface area is 133 Å². The molecule has 106 valence electrons. The average Bonchev–Trinajstić information content (AvgIpc) is 2.79. The van der Waals surface area contributed by atoms with Gasteiger partial charge in [-0.25, -0.2) is 0 Å². The van der Waals surface area contributed by atoms with Crippen molar-refractivity contribution < 1.29 is 0 Å². The molecule has 0 aliphatic heterocycles. The van der Waals surface area contributed by atoms with Crippen molar-refractivity contribution in [3.63, 3.8) is 0 Å². The number of hydrogen-bond acceptors (Lipinski definition) is 2. The predicted molar refractivity (Wildman–Crippen MR) is 87.4 cm³/mol. The molecule has 0 unspecified atom stereocenters. The predicted octanol–water partition coefficient (Wildman–Crippen LogP) is 3.56. The van der Waals surface area contributed by atoms with E-state index in [1.165, 1.54) is 0 Å². The van der Waals surface area contributed by atoms with Crippen LogP contribution in [0.4, 0.5) is 5.69 Å². The maximum absolute atomic E-state index is 5.97. The topological polar surface area (TPSA) is 33.1 Å². The number of aryl methyl sites for hydroxylation is 1. The molecule has 2 rings (SSSR count). The summed E-state index contributed by atoms with van der Waals surface area (Å²) in [6.45, 7) is 0.670. The first kappa shape index (κ1) is 15.1. The van der Waals surface area contributed by atoms with Crippen LogP contribution in [0.25, 0.3) is 0 Å². The number of halogens is 2. The van der Waals surface area contributed by atoms with E-state index in [4.69, 9.17) is 35.4 Å². The molecule has 0 saturated carbocycles. The highest BCUT2D eigenvalue weighted by Gasteiger charge is 2.08. The number of rotatable bonds is 3. The van der Waals surface area contributed by atoms with E-state index in [-0.39, 0.29) is 0 Å². The minimum Gasteiger partial charge on any atom is -0.346 e. The van der Waals surface area contributed by atoms with Crippen LogP contribution in [0, 0.1) is 0 Å². The molecule has 7 heteroatoms. The van der Waals surface area contributed by atoms with Gasteiger partial charge >= 0.3 is 0 Å². The molecule has 1 aromatic heterocycles. The zero-order valence-corrected chi connectivity index (χ0v) is 13.4. The second kappa shape index (κ2) is 6.43. The molecular weight excluding hydrogens is 315 g/mol. The molecule has 1 aromatic carbocycles. The van der Waals surface area contributed by atoms with Gasteiger partial charge in [-0.1, -0.05) is 23.2 Å². The quantitative estimate of drug-likeness (QED) is 0.873. The van der Waals surface area contributed by atoms with Crippen molar-refractivity contribution in [3.8, 4) is 0 Å². The summed E-state index contributed by atoms with van der Waals surface area (Å²) in [7, 11) is 3.82. The van der Waals surface area contributed by atoms with Gasteiger partial charge in [0.25, 0.3) is 0 Å². The third-order valence-corrected chi connectivity index (χ3v) is 3.99. The Morgan fingerprint density at radius 1 is 1.35 bits per heavy atom. The zero-order valence-electron chi connectivity index (χ0n) is 11.1. The van der Waals surface area contributed by atoms with E-state index in [0.717, 1.165) is 11.4 Å². The van der Waals surface area contributed by atoms with Crippen LogP contribution in [0.3, 0.4) is 0 Å². The van der Waals surface area contributed by atoms with Crippen molar-refractivity contribution in [2.45, 2.75) is 6.54 Å². The summed E-state index contributed by atoms with van der Waals surface area (Å²) in [4.78, 5) is 1.93. The highest BCUT2D eigenvalue weighted by atomic mass is 35.5. The number of nitrogens with one attached hydrogen (secondary N) is 1. The highest BCUT2D eigenvalue weighted by Crippen LogP contribution is 2.25. The van der Waals surface area contributed by atoms with Gasteiger partial charge in [0.2, 0.25) is 0 Å². The Morgan fingerprint density at radius 3 is 2.70 bits per heavy atom. The number of nitrogens with zero attached hydrogens (tertiary/aromatic N) is 3. The normalized spacial score (nSPS) is 10.4. The molecule has 0 bridgehead atoms. The van der Waals surface area contributed by atoms with E-state index in [2.05, 4.69) is 10.4 Å². The van der Waals surface area contributed by atoms with Crippen LogP contribution in [0.15, 0.2) is 30.5 Å². The third-order valence-electron chi connectivity index (χ3n) is 2.84. The summed E-state index contributed by atoms with van der Waals surface area (Å²) < 4.78 is 1.82. The minimum absolute atomic E-state index is 0.494. The van der Waals surface area contributed by atoms with Crippen LogP contribution >= 0.6 is 35.4 Å². The molecule has 4 nitrogen and oxygen atoms in total. The lowest BCUT2D eigenvalue weighted by Crippen LogP contribution is -2.31. The van der Waals surface area contributed by atoms with Gasteiger partial charge in [-0.05, 0) is 36.5 Å². The fourth-order valence-corrected chi connectivity index (χ4v) is 2.14. The maximum Gasteiger partial charge on any atom is 0.173 e. The number of benzene rings is 1. The standard InChI is InChI=1S/C13H14Cl2N4S/c1-18(8-10-5-6-16-19(10)2)13(20)17-9-3-4-11(14)12(15)7-9/h3-7H,8H2,1-2H3,(H,17,20). The smallest absolute Gasteiger partial charge is 0.173 e. The lowest BCUT2D eigenvalue weighted by Gasteiger charge is -2.21. The molecule has 0 saturated heterocycles. The average molecular weight is 329 g/mol. The first-order chi connectivity index (χ1) is 9.47. The number of thiocarbonyl (C=S) groups is 1. The van der Waals surface area contributed by atoms with E-state index in [1.54, 1.807) is 18.3 Å². The van der Waals surface area contributed by atoms with Crippen molar-refractivity contribution in [1.82, 2.24) is 14.7 Å². The molecule has 1 N–H and O–H groups in total. The van der Waals surface area contributed by atoms with Gasteiger partial charge in [0.15, 0.2) is 5.11 Å². The fourth-order valence-electron chi connectivity index (χ4n) is 1.66. The van der Waals surface area contributed by atoms with Crippen molar-refractivity contribution in [2.75, 3.05) is 12.4 Å². The highest BCUT2D eigenvalue weighted by molar-refractivity contribution is 7.80. The molecule has 0 spiro atoms. The molecule has 0 aliphatic carbocycles. The van der Waals surface area contributed by atoms with E-state index in [0.29, 0.717) is 21.7 Å². The first-order valence-corrected chi connectivity index (χ1v) is 7.08. The van der Waals surface area contributed by atoms with Gasteiger partial charge < -0.3 is 10.2 Å². The Kier molecular flexibility index (Phi) is 4.86. The van der Waals surface area contributed by atoms with E-state index >= 15 is 0 Å². The summed E-state index contributed by atoms with van der Waals surface area (Å²) in [5.41, 5.74) is 1.88. The summed E-state index contributed by atoms with van der Waals surface area (Å²) in [6.07, 6.45) is 1.76. The number of hydrogen-bond donors (Lipinski definition) is 1. The van der Waals surface area contributed by atoms with Crippen LogP contribution in [0.2, 0.25) is 10.0 Å². The molecule has 0 atom stereocenters. The zero-order chi connectivity index (χ0) is 14.7. The molecule has 0 radical (unpaired) electrons. The van der Waals surface area contributed by atoms with Crippen LogP contribution in [-0.2, 0) is 13.6 Å². The largest absolute Gasteiger partial charge is 0.346 e. The second-order valence-corrected chi connectivity index (χ2v) is 5.56. The van der Waals surface area contributed by atoms with Crippen molar-refractivity contribution in [3.05, 3.63) is 46.2 Å². The molecule has 2 aromatic rings. The molecule has 1 heterocycles. The van der Waals surface area contributed by atoms with Gasteiger partial charge in [0, 0.05) is 26.0 Å². The number of aromatic nitrogens is 2. The Balaban J connectivity index is 2.00. The third kappa shape index (κ3) is 3.62. The van der Waals surface area contributed by atoms with Gasteiger partial charge in [0.1, 0.15) is 0 Å². The lowest BCUT2D eigenvalue weighted by molar-refractivity contribution is 0.482. The molecule has 0 aliphatic rings. The van der Waals surface area contributed by atoms with Crippen LogP contribution < -0.4 is 5.32 Å². The fraction of sp³-hybridized carbons (Fsp3) is 0.231. The van der Waals surface area contributed by atoms with E-state index in [1.807, 2.05) is 35.8 Å². The molecular formula is C13H14Cl2N4S. The second-order valence-electron chi connectivity index (χ2n) is 4.36. The lowest BCUT2D eigenvalue weighted by atomic mass is 10.3.